The van der Waals surface area contributed by atoms with E-state index in [9.17, 15) is 4.79 Å². The van der Waals surface area contributed by atoms with Crippen LogP contribution < -0.4 is 18.9 Å². The fourth-order valence-electron chi connectivity index (χ4n) is 4.59. The van der Waals surface area contributed by atoms with E-state index in [2.05, 4.69) is 4.98 Å². The Labute approximate surface area is 203 Å². The van der Waals surface area contributed by atoms with E-state index in [1.54, 1.807) is 40.7 Å². The molecule has 1 aliphatic rings. The van der Waals surface area contributed by atoms with Crippen molar-refractivity contribution in [3.8, 4) is 23.0 Å². The number of carbonyl (C=O) groups excluding carboxylic acids is 1. The highest BCUT2D eigenvalue weighted by Gasteiger charge is 2.34. The van der Waals surface area contributed by atoms with E-state index in [1.165, 1.54) is 0 Å². The van der Waals surface area contributed by atoms with Crippen molar-refractivity contribution >= 4 is 16.7 Å². The molecule has 0 amide bonds. The van der Waals surface area contributed by atoms with Crippen LogP contribution in [0.5, 0.6) is 23.0 Å². The Balaban J connectivity index is 1.67. The third-order valence-electron chi connectivity index (χ3n) is 6.32. The summed E-state index contributed by atoms with van der Waals surface area (Å²) in [6.45, 7) is 0. The molecule has 5 rings (SSSR count). The molecule has 7 heteroatoms. The van der Waals surface area contributed by atoms with Crippen molar-refractivity contribution in [2.45, 2.75) is 12.5 Å². The largest absolute Gasteiger partial charge is 0.493 e. The van der Waals surface area contributed by atoms with Gasteiger partial charge in [0.05, 0.1) is 39.7 Å². The van der Waals surface area contributed by atoms with E-state index < -0.39 is 6.10 Å². The van der Waals surface area contributed by atoms with Crippen LogP contribution in [0.1, 0.15) is 38.8 Å². The van der Waals surface area contributed by atoms with E-state index in [0.717, 1.165) is 33.2 Å². The predicted octanol–water partition coefficient (Wildman–Crippen LogP) is 5.12. The van der Waals surface area contributed by atoms with Crippen molar-refractivity contribution in [2.75, 3.05) is 28.4 Å². The second-order valence-electron chi connectivity index (χ2n) is 8.14. The average molecular weight is 472 g/mol. The van der Waals surface area contributed by atoms with Crippen molar-refractivity contribution in [1.29, 1.82) is 0 Å². The molecule has 0 N–H and O–H groups in total. The van der Waals surface area contributed by atoms with Crippen molar-refractivity contribution in [3.63, 3.8) is 0 Å². The summed E-state index contributed by atoms with van der Waals surface area (Å²) in [6.07, 6.45) is 1.69. The minimum atomic E-state index is -0.557. The number of carbonyl (C=O) groups is 1. The highest BCUT2D eigenvalue weighted by atomic mass is 16.5. The van der Waals surface area contributed by atoms with Gasteiger partial charge in [-0.2, -0.15) is 0 Å². The summed E-state index contributed by atoms with van der Waals surface area (Å²) in [5.74, 6) is 2.08. The first kappa shape index (κ1) is 22.5. The van der Waals surface area contributed by atoms with Gasteiger partial charge < -0.3 is 23.7 Å². The highest BCUT2D eigenvalue weighted by molar-refractivity contribution is 5.94. The summed E-state index contributed by atoms with van der Waals surface area (Å²) in [7, 11) is 6.40. The number of esters is 1. The van der Waals surface area contributed by atoms with Crippen molar-refractivity contribution in [3.05, 3.63) is 88.7 Å². The van der Waals surface area contributed by atoms with E-state index in [0.29, 0.717) is 35.0 Å². The second kappa shape index (κ2) is 9.18. The average Bonchev–Trinajstić information content (AvgIpc) is 3.24. The summed E-state index contributed by atoms with van der Waals surface area (Å²) >= 11 is 0. The van der Waals surface area contributed by atoms with E-state index in [4.69, 9.17) is 23.7 Å². The summed E-state index contributed by atoms with van der Waals surface area (Å²) < 4.78 is 28.0. The molecule has 35 heavy (non-hydrogen) atoms. The molecule has 4 aromatic rings. The van der Waals surface area contributed by atoms with Gasteiger partial charge in [-0.3, -0.25) is 4.98 Å². The van der Waals surface area contributed by atoms with Crippen LogP contribution in [0.2, 0.25) is 0 Å². The zero-order chi connectivity index (χ0) is 24.5. The fourth-order valence-corrected chi connectivity index (χ4v) is 4.59. The van der Waals surface area contributed by atoms with E-state index in [-0.39, 0.29) is 5.97 Å². The maximum atomic E-state index is 12.6. The molecule has 7 nitrogen and oxygen atoms in total. The molecule has 1 aliphatic heterocycles. The standard InChI is InChI=1S/C28H25NO6/c1-31-23-12-16-9-10-29-22(20(16)14-25(23)33-3)11-17-13-24(32-2)26(34-4)15-21(17)27-18-7-5-6-8-19(18)28(30)35-27/h5-10,12-15,27H,11H2,1-4H3/t27-/m0/s1. The number of hydrogen-bond acceptors (Lipinski definition) is 7. The number of ether oxygens (including phenoxy) is 5. The van der Waals surface area contributed by atoms with Crippen molar-refractivity contribution in [2.24, 2.45) is 0 Å². The zero-order valence-corrected chi connectivity index (χ0v) is 20.0. The number of aromatic nitrogens is 1. The van der Waals surface area contributed by atoms with Gasteiger partial charge in [0, 0.05) is 29.1 Å². The Morgan fingerprint density at radius 2 is 1.46 bits per heavy atom. The number of methoxy groups -OCH3 is 4. The van der Waals surface area contributed by atoms with Crippen molar-refractivity contribution < 1.29 is 28.5 Å². The Morgan fingerprint density at radius 1 is 0.800 bits per heavy atom. The Morgan fingerprint density at radius 3 is 2.20 bits per heavy atom. The molecule has 0 radical (unpaired) electrons. The lowest BCUT2D eigenvalue weighted by atomic mass is 9.92. The first-order chi connectivity index (χ1) is 17.1. The molecule has 3 aromatic carbocycles. The summed E-state index contributed by atoms with van der Waals surface area (Å²) in [4.78, 5) is 17.3. The molecule has 0 saturated heterocycles. The van der Waals surface area contributed by atoms with Gasteiger partial charge in [-0.1, -0.05) is 18.2 Å². The molecule has 2 heterocycles. The third kappa shape index (κ3) is 3.89. The molecular formula is C28H25NO6. The van der Waals surface area contributed by atoms with Crippen LogP contribution >= 0.6 is 0 Å². The number of fused-ring (bicyclic) bond motifs is 2. The van der Waals surface area contributed by atoms with Crippen LogP contribution in [0.3, 0.4) is 0 Å². The zero-order valence-electron chi connectivity index (χ0n) is 20.0. The summed E-state index contributed by atoms with van der Waals surface area (Å²) in [6, 6.07) is 17.0. The fraction of sp³-hybridized carbons (Fsp3) is 0.214. The smallest absolute Gasteiger partial charge is 0.339 e. The van der Waals surface area contributed by atoms with Crippen LogP contribution in [0.25, 0.3) is 10.8 Å². The first-order valence-electron chi connectivity index (χ1n) is 11.1. The molecule has 0 bridgehead atoms. The van der Waals surface area contributed by atoms with E-state index >= 15 is 0 Å². The number of hydrogen-bond donors (Lipinski definition) is 0. The molecule has 0 spiro atoms. The van der Waals surface area contributed by atoms with Gasteiger partial charge in [0.25, 0.3) is 0 Å². The minimum absolute atomic E-state index is 0.341. The Bertz CT molecular complexity index is 1430. The van der Waals surface area contributed by atoms with Crippen LogP contribution in [0.4, 0.5) is 0 Å². The molecular weight excluding hydrogens is 446 g/mol. The SMILES string of the molecule is COc1cc(Cc2nccc3cc(OC)c(OC)cc23)c([C@H]2OC(=O)c3ccccc32)cc1OC. The maximum Gasteiger partial charge on any atom is 0.339 e. The van der Waals surface area contributed by atoms with Crippen molar-refractivity contribution in [1.82, 2.24) is 4.98 Å². The van der Waals surface area contributed by atoms with Crippen LogP contribution in [0.15, 0.2) is 60.8 Å². The van der Waals surface area contributed by atoms with E-state index in [1.807, 2.05) is 48.5 Å². The van der Waals surface area contributed by atoms with Gasteiger partial charge in [0.1, 0.15) is 0 Å². The lowest BCUT2D eigenvalue weighted by molar-refractivity contribution is 0.0454. The van der Waals surface area contributed by atoms with Gasteiger partial charge in [0.2, 0.25) is 0 Å². The molecule has 0 saturated carbocycles. The molecule has 178 valence electrons. The lowest BCUT2D eigenvalue weighted by Gasteiger charge is -2.20. The van der Waals surface area contributed by atoms with Gasteiger partial charge in [-0.05, 0) is 47.3 Å². The highest BCUT2D eigenvalue weighted by Crippen LogP contribution is 2.42. The van der Waals surface area contributed by atoms with Gasteiger partial charge in [-0.15, -0.1) is 0 Å². The molecule has 0 fully saturated rings. The summed E-state index contributed by atoms with van der Waals surface area (Å²) in [5.41, 5.74) is 3.96. The van der Waals surface area contributed by atoms with Crippen LogP contribution in [-0.2, 0) is 11.2 Å². The third-order valence-corrected chi connectivity index (χ3v) is 6.32. The quantitative estimate of drug-likeness (QED) is 0.346. The number of benzene rings is 3. The predicted molar refractivity (Wildman–Crippen MR) is 131 cm³/mol. The maximum absolute atomic E-state index is 12.6. The number of rotatable bonds is 7. The van der Waals surface area contributed by atoms with Crippen LogP contribution in [0, 0.1) is 0 Å². The molecule has 1 aromatic heterocycles. The normalized spacial score (nSPS) is 14.4. The lowest BCUT2D eigenvalue weighted by Crippen LogP contribution is -2.08. The minimum Gasteiger partial charge on any atom is -0.493 e. The number of cyclic esters (lactones) is 1. The second-order valence-corrected chi connectivity index (χ2v) is 8.14. The van der Waals surface area contributed by atoms with Crippen LogP contribution in [-0.4, -0.2) is 39.4 Å². The topological polar surface area (TPSA) is 76.1 Å². The summed E-state index contributed by atoms with van der Waals surface area (Å²) in [5, 5.41) is 1.92. The monoisotopic (exact) mass is 471 g/mol. The van der Waals surface area contributed by atoms with Gasteiger partial charge >= 0.3 is 5.97 Å². The molecule has 0 aliphatic carbocycles. The Hall–Kier alpha value is -4.26. The van der Waals surface area contributed by atoms with Gasteiger partial charge in [0.15, 0.2) is 29.1 Å². The Kier molecular flexibility index (Phi) is 5.91. The van der Waals surface area contributed by atoms with Gasteiger partial charge in [-0.25, -0.2) is 4.79 Å². The molecule has 1 atom stereocenters. The molecule has 0 unspecified atom stereocenters. The number of nitrogens with zero attached hydrogens (tertiary/aromatic N) is 1. The number of pyridine rings is 1. The first-order valence-corrected chi connectivity index (χ1v) is 11.1.